The van der Waals surface area contributed by atoms with Crippen LogP contribution in [0, 0.1) is 5.92 Å². The van der Waals surface area contributed by atoms with Crippen molar-refractivity contribution in [2.75, 3.05) is 12.3 Å². The van der Waals surface area contributed by atoms with Crippen LogP contribution in [0.2, 0.25) is 5.02 Å². The molecule has 3 aromatic rings. The van der Waals surface area contributed by atoms with Crippen LogP contribution in [-0.4, -0.2) is 38.0 Å². The zero-order valence-corrected chi connectivity index (χ0v) is 16.7. The van der Waals surface area contributed by atoms with Gasteiger partial charge in [-0.25, -0.2) is 0 Å². The van der Waals surface area contributed by atoms with E-state index in [9.17, 15) is 4.79 Å². The molecule has 1 aromatic carbocycles. The summed E-state index contributed by atoms with van der Waals surface area (Å²) >= 11 is 7.36. The molecule has 0 aliphatic heterocycles. The quantitative estimate of drug-likeness (QED) is 0.609. The molecular formula is C19H20ClN5OS. The maximum Gasteiger partial charge on any atom is 0.230 e. The second-order valence-corrected chi connectivity index (χ2v) is 7.70. The Balaban J connectivity index is 1.89. The molecule has 2 aromatic heterocycles. The van der Waals surface area contributed by atoms with E-state index in [2.05, 4.69) is 34.3 Å². The number of nitrogens with zero attached hydrogens (tertiary/aromatic N) is 4. The summed E-state index contributed by atoms with van der Waals surface area (Å²) < 4.78 is 1.89. The summed E-state index contributed by atoms with van der Waals surface area (Å²) in [4.78, 5) is 16.4. The van der Waals surface area contributed by atoms with Crippen molar-refractivity contribution in [3.05, 3.63) is 53.7 Å². The van der Waals surface area contributed by atoms with Crippen LogP contribution >= 0.6 is 23.4 Å². The second-order valence-electron chi connectivity index (χ2n) is 6.32. The molecule has 0 radical (unpaired) electrons. The van der Waals surface area contributed by atoms with Crippen LogP contribution in [0.3, 0.4) is 0 Å². The minimum absolute atomic E-state index is 0.0289. The summed E-state index contributed by atoms with van der Waals surface area (Å²) in [5.74, 6) is 1.26. The van der Waals surface area contributed by atoms with E-state index in [1.165, 1.54) is 11.8 Å². The van der Waals surface area contributed by atoms with Crippen molar-refractivity contribution in [2.45, 2.75) is 19.0 Å². The molecule has 0 saturated heterocycles. The molecule has 27 heavy (non-hydrogen) atoms. The number of thioether (sulfide) groups is 1. The van der Waals surface area contributed by atoms with Gasteiger partial charge in [0.2, 0.25) is 5.91 Å². The van der Waals surface area contributed by atoms with Crippen LogP contribution in [0.25, 0.3) is 17.2 Å². The topological polar surface area (TPSA) is 72.7 Å². The lowest BCUT2D eigenvalue weighted by Gasteiger charge is -2.10. The lowest BCUT2D eigenvalue weighted by Crippen LogP contribution is -2.28. The van der Waals surface area contributed by atoms with E-state index in [1.54, 1.807) is 6.20 Å². The predicted molar refractivity (Wildman–Crippen MR) is 108 cm³/mol. The fraction of sp³-hybridized carbons (Fsp3) is 0.263. The number of hydrogen-bond donors (Lipinski definition) is 1. The Morgan fingerprint density at radius 1 is 1.19 bits per heavy atom. The third-order valence-electron chi connectivity index (χ3n) is 3.65. The first-order chi connectivity index (χ1) is 13.0. The Bertz CT molecular complexity index is 896. The third-order valence-corrected chi connectivity index (χ3v) is 4.83. The molecule has 2 heterocycles. The SMILES string of the molecule is CC(C)CNC(=O)CSc1nnc(-c2ccccn2)n1-c1ccc(Cl)cc1. The minimum Gasteiger partial charge on any atom is -0.355 e. The van der Waals surface area contributed by atoms with Crippen LogP contribution in [0.5, 0.6) is 0 Å². The van der Waals surface area contributed by atoms with Crippen LogP contribution in [0.4, 0.5) is 0 Å². The summed E-state index contributed by atoms with van der Waals surface area (Å²) in [6, 6.07) is 13.0. The van der Waals surface area contributed by atoms with Gasteiger partial charge >= 0.3 is 0 Å². The maximum absolute atomic E-state index is 12.1. The van der Waals surface area contributed by atoms with E-state index in [0.29, 0.717) is 34.2 Å². The Morgan fingerprint density at radius 2 is 1.96 bits per heavy atom. The van der Waals surface area contributed by atoms with Crippen molar-refractivity contribution < 1.29 is 4.79 Å². The summed E-state index contributed by atoms with van der Waals surface area (Å²) in [5, 5.41) is 12.8. The lowest BCUT2D eigenvalue weighted by atomic mass is 10.2. The van der Waals surface area contributed by atoms with E-state index in [0.717, 1.165) is 5.69 Å². The molecule has 0 fully saturated rings. The first-order valence-electron chi connectivity index (χ1n) is 8.57. The normalized spacial score (nSPS) is 11.0. The average Bonchev–Trinajstić information content (AvgIpc) is 3.10. The summed E-state index contributed by atoms with van der Waals surface area (Å²) in [6.45, 7) is 4.77. The van der Waals surface area contributed by atoms with Gasteiger partial charge in [-0.3, -0.25) is 14.3 Å². The van der Waals surface area contributed by atoms with Crippen molar-refractivity contribution in [1.82, 2.24) is 25.1 Å². The summed E-state index contributed by atoms with van der Waals surface area (Å²) in [7, 11) is 0. The fourth-order valence-electron chi connectivity index (χ4n) is 2.35. The third kappa shape index (κ3) is 5.08. The van der Waals surface area contributed by atoms with Gasteiger partial charge in [-0.2, -0.15) is 0 Å². The Hall–Kier alpha value is -2.38. The van der Waals surface area contributed by atoms with Crippen molar-refractivity contribution in [3.8, 4) is 17.2 Å². The molecule has 0 atom stereocenters. The van der Waals surface area contributed by atoms with Gasteiger partial charge < -0.3 is 5.32 Å². The lowest BCUT2D eigenvalue weighted by molar-refractivity contribution is -0.118. The molecule has 1 N–H and O–H groups in total. The molecule has 0 spiro atoms. The summed E-state index contributed by atoms with van der Waals surface area (Å²) in [5.41, 5.74) is 1.56. The molecule has 0 unspecified atom stereocenters. The van der Waals surface area contributed by atoms with E-state index in [1.807, 2.05) is 47.0 Å². The van der Waals surface area contributed by atoms with Gasteiger partial charge in [0.15, 0.2) is 11.0 Å². The number of hydrogen-bond acceptors (Lipinski definition) is 5. The van der Waals surface area contributed by atoms with Crippen molar-refractivity contribution in [1.29, 1.82) is 0 Å². The van der Waals surface area contributed by atoms with Crippen LogP contribution in [0.15, 0.2) is 53.8 Å². The first-order valence-corrected chi connectivity index (χ1v) is 9.93. The Morgan fingerprint density at radius 3 is 2.63 bits per heavy atom. The van der Waals surface area contributed by atoms with Crippen molar-refractivity contribution in [3.63, 3.8) is 0 Å². The number of halogens is 1. The highest BCUT2D eigenvalue weighted by molar-refractivity contribution is 7.99. The zero-order chi connectivity index (χ0) is 19.2. The van der Waals surface area contributed by atoms with Crippen LogP contribution in [0.1, 0.15) is 13.8 Å². The number of rotatable bonds is 7. The van der Waals surface area contributed by atoms with E-state index in [4.69, 9.17) is 11.6 Å². The number of carbonyl (C=O) groups excluding carboxylic acids is 1. The number of pyridine rings is 1. The Kier molecular flexibility index (Phi) is 6.47. The molecule has 0 aliphatic rings. The van der Waals surface area contributed by atoms with Gasteiger partial charge in [0, 0.05) is 23.5 Å². The highest BCUT2D eigenvalue weighted by atomic mass is 35.5. The van der Waals surface area contributed by atoms with E-state index in [-0.39, 0.29) is 11.7 Å². The number of nitrogens with one attached hydrogen (secondary N) is 1. The van der Waals surface area contributed by atoms with Crippen molar-refractivity contribution in [2.24, 2.45) is 5.92 Å². The Labute approximate surface area is 167 Å². The second kappa shape index (κ2) is 9.01. The molecule has 0 aliphatic carbocycles. The molecule has 0 bridgehead atoms. The average molecular weight is 402 g/mol. The van der Waals surface area contributed by atoms with Crippen LogP contribution in [-0.2, 0) is 4.79 Å². The van der Waals surface area contributed by atoms with Gasteiger partial charge in [-0.15, -0.1) is 10.2 Å². The molecule has 6 nitrogen and oxygen atoms in total. The number of carbonyl (C=O) groups is 1. The highest BCUT2D eigenvalue weighted by Gasteiger charge is 2.18. The molecule has 140 valence electrons. The van der Waals surface area contributed by atoms with Crippen LogP contribution < -0.4 is 5.32 Å². The number of benzene rings is 1. The molecular weight excluding hydrogens is 382 g/mol. The highest BCUT2D eigenvalue weighted by Crippen LogP contribution is 2.27. The van der Waals surface area contributed by atoms with E-state index >= 15 is 0 Å². The molecule has 3 rings (SSSR count). The van der Waals surface area contributed by atoms with E-state index < -0.39 is 0 Å². The van der Waals surface area contributed by atoms with Crippen molar-refractivity contribution >= 4 is 29.3 Å². The number of aromatic nitrogens is 4. The maximum atomic E-state index is 12.1. The largest absolute Gasteiger partial charge is 0.355 e. The molecule has 8 heteroatoms. The predicted octanol–water partition coefficient (Wildman–Crippen LogP) is 3.85. The van der Waals surface area contributed by atoms with Gasteiger partial charge in [-0.05, 0) is 42.3 Å². The van der Waals surface area contributed by atoms with Gasteiger partial charge in [0.25, 0.3) is 0 Å². The van der Waals surface area contributed by atoms with Gasteiger partial charge in [0.1, 0.15) is 5.69 Å². The van der Waals surface area contributed by atoms with Gasteiger partial charge in [-0.1, -0.05) is 43.3 Å². The first kappa shape index (κ1) is 19.4. The van der Waals surface area contributed by atoms with Gasteiger partial charge in [0.05, 0.1) is 5.75 Å². The fourth-order valence-corrected chi connectivity index (χ4v) is 3.25. The molecule has 1 amide bonds. The molecule has 0 saturated carbocycles. The minimum atomic E-state index is -0.0289. The summed E-state index contributed by atoms with van der Waals surface area (Å²) in [6.07, 6.45) is 1.71. The zero-order valence-electron chi connectivity index (χ0n) is 15.1. The monoisotopic (exact) mass is 401 g/mol. The number of amides is 1. The standard InChI is InChI=1S/C19H20ClN5OS/c1-13(2)11-22-17(26)12-27-19-24-23-18(16-5-3-4-10-21-16)25(19)15-8-6-14(20)7-9-15/h3-10,13H,11-12H2,1-2H3,(H,22,26). The smallest absolute Gasteiger partial charge is 0.230 e.